The van der Waals surface area contributed by atoms with E-state index in [0.717, 1.165) is 48.8 Å². The van der Waals surface area contributed by atoms with E-state index in [9.17, 15) is 4.79 Å². The molecular formula is C26H34N4O. The Morgan fingerprint density at radius 1 is 1.03 bits per heavy atom. The van der Waals surface area contributed by atoms with Crippen LogP contribution in [0.2, 0.25) is 0 Å². The Hall–Kier alpha value is -2.17. The molecule has 0 aliphatic heterocycles. The summed E-state index contributed by atoms with van der Waals surface area (Å²) in [6.07, 6.45) is 11.1. The van der Waals surface area contributed by atoms with Crippen molar-refractivity contribution < 1.29 is 4.79 Å². The quantitative estimate of drug-likeness (QED) is 0.765. The van der Waals surface area contributed by atoms with E-state index in [4.69, 9.17) is 0 Å². The number of nitrogens with zero attached hydrogens (tertiary/aromatic N) is 3. The molecule has 5 heteroatoms. The predicted molar refractivity (Wildman–Crippen MR) is 120 cm³/mol. The predicted octanol–water partition coefficient (Wildman–Crippen LogP) is 4.20. The van der Waals surface area contributed by atoms with Crippen LogP contribution in [0.4, 0.5) is 0 Å². The second-order valence-corrected chi connectivity index (χ2v) is 10.8. The van der Waals surface area contributed by atoms with Crippen molar-refractivity contribution in [2.45, 2.75) is 89.1 Å². The highest BCUT2D eigenvalue weighted by atomic mass is 16.1. The number of carbonyl (C=O) groups is 1. The van der Waals surface area contributed by atoms with Crippen molar-refractivity contribution in [3.8, 4) is 0 Å². The third-order valence-electron chi connectivity index (χ3n) is 8.61. The zero-order valence-corrected chi connectivity index (χ0v) is 18.6. The summed E-state index contributed by atoms with van der Waals surface area (Å²) in [7, 11) is 0. The van der Waals surface area contributed by atoms with E-state index in [-0.39, 0.29) is 11.4 Å². The van der Waals surface area contributed by atoms with E-state index in [1.165, 1.54) is 49.7 Å². The number of hydrogen-bond donors (Lipinski definition) is 1. The molecule has 1 N–H and O–H groups in total. The van der Waals surface area contributed by atoms with Gasteiger partial charge in [0.2, 0.25) is 5.91 Å². The number of aromatic nitrogens is 3. The van der Waals surface area contributed by atoms with Crippen LogP contribution in [0.25, 0.3) is 0 Å². The Morgan fingerprint density at radius 3 is 2.23 bits per heavy atom. The molecule has 4 fully saturated rings. The molecule has 164 valence electrons. The van der Waals surface area contributed by atoms with Gasteiger partial charge in [-0.2, -0.15) is 0 Å². The fourth-order valence-corrected chi connectivity index (χ4v) is 7.77. The highest BCUT2D eigenvalue weighted by molar-refractivity contribution is 5.77. The van der Waals surface area contributed by atoms with Gasteiger partial charge in [0.25, 0.3) is 0 Å². The van der Waals surface area contributed by atoms with Crippen LogP contribution >= 0.6 is 0 Å². The maximum Gasteiger partial charge on any atom is 0.220 e. The molecule has 0 unspecified atom stereocenters. The smallest absolute Gasteiger partial charge is 0.220 e. The van der Waals surface area contributed by atoms with Crippen LogP contribution in [-0.4, -0.2) is 26.2 Å². The molecule has 0 saturated heterocycles. The summed E-state index contributed by atoms with van der Waals surface area (Å²) in [4.78, 5) is 12.9. The number of amides is 1. The highest BCUT2D eigenvalue weighted by Crippen LogP contribution is 2.55. The molecule has 31 heavy (non-hydrogen) atoms. The minimum Gasteiger partial charge on any atom is -0.351 e. The molecule has 5 aliphatic rings. The van der Waals surface area contributed by atoms with Crippen LogP contribution in [-0.2, 0) is 30.6 Å². The molecule has 5 nitrogen and oxygen atoms in total. The van der Waals surface area contributed by atoms with Crippen LogP contribution in [0.15, 0.2) is 24.3 Å². The summed E-state index contributed by atoms with van der Waals surface area (Å²) in [6.45, 7) is 3.02. The number of aryl methyl sites for hydroxylation is 1. The Morgan fingerprint density at radius 2 is 1.65 bits per heavy atom. The largest absolute Gasteiger partial charge is 0.351 e. The molecule has 4 bridgehead atoms. The molecule has 5 aliphatic carbocycles. The van der Waals surface area contributed by atoms with Crippen molar-refractivity contribution in [2.24, 2.45) is 17.8 Å². The van der Waals surface area contributed by atoms with E-state index in [2.05, 4.69) is 51.3 Å². The van der Waals surface area contributed by atoms with Crippen molar-refractivity contribution in [1.82, 2.24) is 20.1 Å². The normalized spacial score (nSPS) is 31.2. The van der Waals surface area contributed by atoms with Gasteiger partial charge >= 0.3 is 0 Å². The fourth-order valence-electron chi connectivity index (χ4n) is 7.77. The molecule has 1 aromatic carbocycles. The zero-order chi connectivity index (χ0) is 21.0. The summed E-state index contributed by atoms with van der Waals surface area (Å²) >= 11 is 0. The van der Waals surface area contributed by atoms with Crippen molar-refractivity contribution in [3.05, 3.63) is 47.0 Å². The standard InChI is InChI=1S/C26H34N4O/c1-2-30-23(28-29-25(30)22-12-20-5-3-4-6-21(20)13-22)7-8-24(31)27-26-14-17-9-18(15-26)11-19(10-17)16-26/h3-6,17-19,22H,2,7-16H2,1H3,(H,27,31). The Labute approximate surface area is 185 Å². The fraction of sp³-hybridized carbons (Fsp3) is 0.654. The number of carbonyl (C=O) groups excluding carboxylic acids is 1. The van der Waals surface area contributed by atoms with Gasteiger partial charge in [-0.3, -0.25) is 4.79 Å². The average molecular weight is 419 g/mol. The minimum absolute atomic E-state index is 0.102. The molecule has 7 rings (SSSR count). The van der Waals surface area contributed by atoms with Crippen molar-refractivity contribution >= 4 is 5.91 Å². The van der Waals surface area contributed by atoms with Gasteiger partial charge in [0.05, 0.1) is 0 Å². The second-order valence-electron chi connectivity index (χ2n) is 10.8. The van der Waals surface area contributed by atoms with Gasteiger partial charge in [0.1, 0.15) is 11.6 Å². The average Bonchev–Trinajstić information content (AvgIpc) is 3.34. The van der Waals surface area contributed by atoms with Gasteiger partial charge in [-0.25, -0.2) is 0 Å². The lowest BCUT2D eigenvalue weighted by atomic mass is 9.53. The molecule has 0 spiro atoms. The lowest BCUT2D eigenvalue weighted by Crippen LogP contribution is -2.59. The van der Waals surface area contributed by atoms with Crippen LogP contribution < -0.4 is 5.32 Å². The molecule has 2 aromatic rings. The van der Waals surface area contributed by atoms with Crippen molar-refractivity contribution in [3.63, 3.8) is 0 Å². The van der Waals surface area contributed by atoms with E-state index in [1.54, 1.807) is 0 Å². The van der Waals surface area contributed by atoms with E-state index < -0.39 is 0 Å². The number of nitrogens with one attached hydrogen (secondary N) is 1. The molecule has 0 radical (unpaired) electrons. The van der Waals surface area contributed by atoms with E-state index in [1.807, 2.05) is 0 Å². The topological polar surface area (TPSA) is 59.8 Å². The first-order valence-corrected chi connectivity index (χ1v) is 12.4. The van der Waals surface area contributed by atoms with Gasteiger partial charge < -0.3 is 9.88 Å². The zero-order valence-electron chi connectivity index (χ0n) is 18.6. The summed E-state index contributed by atoms with van der Waals surface area (Å²) in [6, 6.07) is 8.72. The first-order chi connectivity index (χ1) is 15.1. The number of hydrogen-bond acceptors (Lipinski definition) is 3. The number of fused-ring (bicyclic) bond motifs is 1. The maximum atomic E-state index is 12.9. The number of rotatable bonds is 6. The third-order valence-corrected chi connectivity index (χ3v) is 8.61. The third kappa shape index (κ3) is 3.50. The summed E-state index contributed by atoms with van der Waals surface area (Å²) in [5, 5.41) is 12.6. The SMILES string of the molecule is CCn1c(CCC(=O)NC23CC4CC(CC(C4)C2)C3)nnc1C1Cc2ccccc2C1. The lowest BCUT2D eigenvalue weighted by Gasteiger charge is -2.56. The van der Waals surface area contributed by atoms with Gasteiger partial charge in [-0.1, -0.05) is 24.3 Å². The minimum atomic E-state index is 0.102. The molecule has 4 saturated carbocycles. The van der Waals surface area contributed by atoms with Crippen molar-refractivity contribution in [1.29, 1.82) is 0 Å². The molecule has 0 atom stereocenters. The number of benzene rings is 1. The maximum absolute atomic E-state index is 12.9. The summed E-state index contributed by atoms with van der Waals surface area (Å²) in [5.41, 5.74) is 2.98. The van der Waals surface area contributed by atoms with Crippen molar-refractivity contribution in [2.75, 3.05) is 0 Å². The molecular weight excluding hydrogens is 384 g/mol. The Balaban J connectivity index is 1.11. The first-order valence-electron chi connectivity index (χ1n) is 12.4. The second kappa shape index (κ2) is 7.46. The Kier molecular flexibility index (Phi) is 4.69. The molecule has 1 amide bonds. The van der Waals surface area contributed by atoms with Crippen LogP contribution in [0, 0.1) is 17.8 Å². The van der Waals surface area contributed by atoms with Crippen LogP contribution in [0.5, 0.6) is 0 Å². The van der Waals surface area contributed by atoms with Gasteiger partial charge in [-0.05, 0) is 87.2 Å². The molecule has 1 heterocycles. The first kappa shape index (κ1) is 19.5. The van der Waals surface area contributed by atoms with Crippen LogP contribution in [0.3, 0.4) is 0 Å². The summed E-state index contributed by atoms with van der Waals surface area (Å²) in [5.74, 6) is 5.24. The van der Waals surface area contributed by atoms with E-state index in [0.29, 0.717) is 18.8 Å². The lowest BCUT2D eigenvalue weighted by molar-refractivity contribution is -0.126. The Bertz CT molecular complexity index is 933. The molecule has 1 aromatic heterocycles. The van der Waals surface area contributed by atoms with Gasteiger partial charge in [0, 0.05) is 30.8 Å². The highest BCUT2D eigenvalue weighted by Gasteiger charge is 2.51. The van der Waals surface area contributed by atoms with Gasteiger partial charge in [0.15, 0.2) is 0 Å². The van der Waals surface area contributed by atoms with Crippen LogP contribution in [0.1, 0.15) is 80.6 Å². The monoisotopic (exact) mass is 418 g/mol. The van der Waals surface area contributed by atoms with E-state index >= 15 is 0 Å². The van der Waals surface area contributed by atoms with Gasteiger partial charge in [-0.15, -0.1) is 10.2 Å². The summed E-state index contributed by atoms with van der Waals surface area (Å²) < 4.78 is 2.26.